The highest BCUT2D eigenvalue weighted by atomic mass is 16.3. The van der Waals surface area contributed by atoms with Crippen LogP contribution in [0, 0.1) is 0 Å². The summed E-state index contributed by atoms with van der Waals surface area (Å²) in [5, 5.41) is 8.98. The first kappa shape index (κ1) is 13.3. The van der Waals surface area contributed by atoms with Gasteiger partial charge in [0.15, 0.2) is 0 Å². The summed E-state index contributed by atoms with van der Waals surface area (Å²) in [6, 6.07) is 6.02. The van der Waals surface area contributed by atoms with Crippen molar-refractivity contribution in [1.29, 1.82) is 0 Å². The maximum absolute atomic E-state index is 8.98. The van der Waals surface area contributed by atoms with Gasteiger partial charge in [-0.2, -0.15) is 0 Å². The Morgan fingerprint density at radius 3 is 2.89 bits per heavy atom. The number of nitrogens with two attached hydrogens (primary N) is 1. The third-order valence-corrected chi connectivity index (χ3v) is 3.33. The minimum atomic E-state index is 0.237. The molecular weight excluding hydrogens is 228 g/mol. The molecule has 0 amide bonds. The standard InChI is InChI=1S/C13H22N4O/c14-11-12-3-1-4-13(15-12)17-6-2-5-16(7-8-17)9-10-18/h1,3-4,18H,2,5-11,14H2. The number of aromatic nitrogens is 1. The molecule has 1 aromatic heterocycles. The van der Waals surface area contributed by atoms with Gasteiger partial charge in [-0.25, -0.2) is 4.98 Å². The monoisotopic (exact) mass is 250 g/mol. The van der Waals surface area contributed by atoms with E-state index in [1.165, 1.54) is 0 Å². The highest BCUT2D eigenvalue weighted by Crippen LogP contribution is 2.14. The van der Waals surface area contributed by atoms with Crippen molar-refractivity contribution in [3.63, 3.8) is 0 Å². The van der Waals surface area contributed by atoms with Crippen molar-refractivity contribution in [2.24, 2.45) is 5.73 Å². The minimum absolute atomic E-state index is 0.237. The van der Waals surface area contributed by atoms with Gasteiger partial charge in [0.2, 0.25) is 0 Å². The zero-order chi connectivity index (χ0) is 12.8. The lowest BCUT2D eigenvalue weighted by Gasteiger charge is -2.22. The largest absolute Gasteiger partial charge is 0.395 e. The summed E-state index contributed by atoms with van der Waals surface area (Å²) in [4.78, 5) is 9.16. The van der Waals surface area contributed by atoms with Gasteiger partial charge in [-0.3, -0.25) is 4.90 Å². The Morgan fingerprint density at radius 1 is 1.22 bits per heavy atom. The summed E-state index contributed by atoms with van der Waals surface area (Å²) >= 11 is 0. The lowest BCUT2D eigenvalue weighted by atomic mass is 10.3. The zero-order valence-corrected chi connectivity index (χ0v) is 10.8. The van der Waals surface area contributed by atoms with Crippen LogP contribution in [-0.4, -0.2) is 54.3 Å². The highest BCUT2D eigenvalue weighted by molar-refractivity contribution is 5.39. The second-order valence-electron chi connectivity index (χ2n) is 4.60. The normalized spacial score (nSPS) is 17.8. The van der Waals surface area contributed by atoms with Crippen molar-refractivity contribution >= 4 is 5.82 Å². The molecular formula is C13H22N4O. The van der Waals surface area contributed by atoms with Crippen LogP contribution in [0.5, 0.6) is 0 Å². The Balaban J connectivity index is 2.00. The van der Waals surface area contributed by atoms with E-state index in [-0.39, 0.29) is 6.61 Å². The fourth-order valence-corrected chi connectivity index (χ4v) is 2.32. The van der Waals surface area contributed by atoms with Gasteiger partial charge >= 0.3 is 0 Å². The molecule has 0 atom stereocenters. The van der Waals surface area contributed by atoms with Gasteiger partial charge in [-0.05, 0) is 25.1 Å². The molecule has 0 aromatic carbocycles. The molecule has 0 radical (unpaired) electrons. The van der Waals surface area contributed by atoms with Crippen LogP contribution in [-0.2, 0) is 6.54 Å². The fourth-order valence-electron chi connectivity index (χ4n) is 2.32. The van der Waals surface area contributed by atoms with Crippen molar-refractivity contribution in [2.45, 2.75) is 13.0 Å². The quantitative estimate of drug-likeness (QED) is 0.790. The van der Waals surface area contributed by atoms with E-state index in [9.17, 15) is 0 Å². The van der Waals surface area contributed by atoms with Gasteiger partial charge in [-0.15, -0.1) is 0 Å². The molecule has 0 bridgehead atoms. The van der Waals surface area contributed by atoms with Crippen LogP contribution in [0.15, 0.2) is 18.2 Å². The third-order valence-electron chi connectivity index (χ3n) is 3.33. The van der Waals surface area contributed by atoms with Gasteiger partial charge in [0.1, 0.15) is 5.82 Å². The van der Waals surface area contributed by atoms with E-state index in [1.54, 1.807) is 0 Å². The third kappa shape index (κ3) is 3.41. The van der Waals surface area contributed by atoms with E-state index in [0.29, 0.717) is 6.54 Å². The van der Waals surface area contributed by atoms with Crippen molar-refractivity contribution in [3.8, 4) is 0 Å². The molecule has 0 unspecified atom stereocenters. The number of nitrogens with zero attached hydrogens (tertiary/aromatic N) is 3. The molecule has 5 heteroatoms. The Bertz CT molecular complexity index is 372. The first-order valence-corrected chi connectivity index (χ1v) is 6.57. The molecule has 1 aromatic rings. The smallest absolute Gasteiger partial charge is 0.128 e. The first-order chi connectivity index (χ1) is 8.83. The van der Waals surface area contributed by atoms with Gasteiger partial charge < -0.3 is 15.7 Å². The minimum Gasteiger partial charge on any atom is -0.395 e. The van der Waals surface area contributed by atoms with Gasteiger partial charge in [-0.1, -0.05) is 6.07 Å². The molecule has 0 spiro atoms. The van der Waals surface area contributed by atoms with E-state index in [2.05, 4.69) is 14.8 Å². The van der Waals surface area contributed by atoms with Crippen LogP contribution in [0.4, 0.5) is 5.82 Å². The number of anilines is 1. The number of aliphatic hydroxyl groups is 1. The van der Waals surface area contributed by atoms with Crippen LogP contribution in [0.1, 0.15) is 12.1 Å². The van der Waals surface area contributed by atoms with Gasteiger partial charge in [0, 0.05) is 32.7 Å². The summed E-state index contributed by atoms with van der Waals surface area (Å²) in [5.74, 6) is 1.02. The maximum atomic E-state index is 8.98. The SMILES string of the molecule is NCc1cccc(N2CCCN(CCO)CC2)n1. The molecule has 0 saturated carbocycles. The number of pyridine rings is 1. The van der Waals surface area contributed by atoms with E-state index < -0.39 is 0 Å². The van der Waals surface area contributed by atoms with Crippen LogP contribution in [0.2, 0.25) is 0 Å². The molecule has 0 aliphatic carbocycles. The summed E-state index contributed by atoms with van der Waals surface area (Å²) in [6.45, 7) is 5.50. The predicted molar refractivity (Wildman–Crippen MR) is 72.5 cm³/mol. The molecule has 2 rings (SSSR count). The Morgan fingerprint density at radius 2 is 2.11 bits per heavy atom. The molecule has 18 heavy (non-hydrogen) atoms. The second kappa shape index (κ2) is 6.68. The Labute approximate surface area is 108 Å². The second-order valence-corrected chi connectivity index (χ2v) is 4.60. The summed E-state index contributed by atoms with van der Waals surface area (Å²) in [6.07, 6.45) is 1.11. The van der Waals surface area contributed by atoms with Crippen LogP contribution in [0.3, 0.4) is 0 Å². The molecule has 1 aliphatic heterocycles. The molecule has 2 heterocycles. The van der Waals surface area contributed by atoms with E-state index in [0.717, 1.165) is 50.7 Å². The zero-order valence-electron chi connectivity index (χ0n) is 10.8. The molecule has 3 N–H and O–H groups in total. The summed E-state index contributed by atoms with van der Waals surface area (Å²) < 4.78 is 0. The van der Waals surface area contributed by atoms with Crippen molar-refractivity contribution in [3.05, 3.63) is 23.9 Å². The van der Waals surface area contributed by atoms with E-state index >= 15 is 0 Å². The van der Waals surface area contributed by atoms with E-state index in [1.807, 2.05) is 18.2 Å². The average molecular weight is 250 g/mol. The highest BCUT2D eigenvalue weighted by Gasteiger charge is 2.15. The number of hydrogen-bond acceptors (Lipinski definition) is 5. The maximum Gasteiger partial charge on any atom is 0.128 e. The Kier molecular flexibility index (Phi) is 4.92. The van der Waals surface area contributed by atoms with Crippen LogP contribution >= 0.6 is 0 Å². The molecule has 5 nitrogen and oxygen atoms in total. The van der Waals surface area contributed by atoms with Crippen molar-refractivity contribution in [1.82, 2.24) is 9.88 Å². The molecule has 1 saturated heterocycles. The van der Waals surface area contributed by atoms with Crippen LogP contribution in [0.25, 0.3) is 0 Å². The lowest BCUT2D eigenvalue weighted by molar-refractivity contribution is 0.204. The number of rotatable bonds is 4. The van der Waals surface area contributed by atoms with E-state index in [4.69, 9.17) is 10.8 Å². The van der Waals surface area contributed by atoms with Gasteiger partial charge in [0.05, 0.1) is 12.3 Å². The lowest BCUT2D eigenvalue weighted by Crippen LogP contribution is -2.32. The molecule has 1 aliphatic rings. The molecule has 1 fully saturated rings. The number of hydrogen-bond donors (Lipinski definition) is 2. The first-order valence-electron chi connectivity index (χ1n) is 6.57. The molecule has 100 valence electrons. The van der Waals surface area contributed by atoms with Crippen LogP contribution < -0.4 is 10.6 Å². The number of aliphatic hydroxyl groups excluding tert-OH is 1. The van der Waals surface area contributed by atoms with Gasteiger partial charge in [0.25, 0.3) is 0 Å². The topological polar surface area (TPSA) is 65.6 Å². The fraction of sp³-hybridized carbons (Fsp3) is 0.615. The van der Waals surface area contributed by atoms with Crippen molar-refractivity contribution < 1.29 is 5.11 Å². The average Bonchev–Trinajstić information content (AvgIpc) is 2.65. The predicted octanol–water partition coefficient (Wildman–Crippen LogP) is 0.0447. The summed E-state index contributed by atoms with van der Waals surface area (Å²) in [7, 11) is 0. The Hall–Kier alpha value is -1.17. The number of β-amino-alcohol motifs (C(OH)–C–C–N with tert-alkyl or cyclic N) is 1. The summed E-state index contributed by atoms with van der Waals surface area (Å²) in [5.41, 5.74) is 6.56. The van der Waals surface area contributed by atoms with Crippen molar-refractivity contribution in [2.75, 3.05) is 44.2 Å².